The topological polar surface area (TPSA) is 82.4 Å². The molecule has 0 bridgehead atoms. The minimum atomic E-state index is -0.518. The number of halogens is 1. The highest BCUT2D eigenvalue weighted by Crippen LogP contribution is 2.33. The summed E-state index contributed by atoms with van der Waals surface area (Å²) >= 11 is 0. The normalized spacial score (nSPS) is 21.8. The third-order valence-corrected chi connectivity index (χ3v) is 4.73. The standard InChI is InChI=1S/C20H31FN2O4/c1-14(24)8-3-5-12-23-20(26)18-16(10-7-11-17(18)21)19(22-23)27-13-6-4-9-15(2)25/h7,11,14-16,24-25H,3-6,8-10,12-13H2,1-2H3/t14?,15-,16?/m1/s1. The minimum absolute atomic E-state index is 0.127. The zero-order valence-corrected chi connectivity index (χ0v) is 16.2. The fourth-order valence-electron chi connectivity index (χ4n) is 3.23. The molecule has 1 aliphatic heterocycles. The molecule has 2 unspecified atom stereocenters. The van der Waals surface area contributed by atoms with Crippen LogP contribution in [0.2, 0.25) is 0 Å². The van der Waals surface area contributed by atoms with Gasteiger partial charge in [-0.15, -0.1) is 5.10 Å². The van der Waals surface area contributed by atoms with Crippen molar-refractivity contribution in [1.82, 2.24) is 5.01 Å². The SMILES string of the molecule is CC(O)CCCCN1N=C(OCCCC[C@@H](C)O)C2CC=CC(F)=C2C1=O. The molecule has 2 rings (SSSR count). The second kappa shape index (κ2) is 10.6. The van der Waals surface area contributed by atoms with Crippen LogP contribution < -0.4 is 0 Å². The van der Waals surface area contributed by atoms with Gasteiger partial charge in [-0.2, -0.15) is 0 Å². The number of ether oxygens (including phenoxy) is 1. The third kappa shape index (κ3) is 6.43. The van der Waals surface area contributed by atoms with E-state index in [1.807, 2.05) is 0 Å². The van der Waals surface area contributed by atoms with Crippen molar-refractivity contribution in [2.75, 3.05) is 13.2 Å². The monoisotopic (exact) mass is 382 g/mol. The number of nitrogens with zero attached hydrogens (tertiary/aromatic N) is 2. The van der Waals surface area contributed by atoms with Crippen LogP contribution in [-0.2, 0) is 9.53 Å². The molecule has 0 fully saturated rings. The summed E-state index contributed by atoms with van der Waals surface area (Å²) < 4.78 is 20.1. The predicted molar refractivity (Wildman–Crippen MR) is 102 cm³/mol. The van der Waals surface area contributed by atoms with E-state index in [0.717, 1.165) is 19.3 Å². The Balaban J connectivity index is 2.01. The Hall–Kier alpha value is -1.73. The molecule has 0 saturated heterocycles. The van der Waals surface area contributed by atoms with Crippen molar-refractivity contribution in [3.63, 3.8) is 0 Å². The molecule has 2 aliphatic rings. The molecule has 2 N–H and O–H groups in total. The molecular weight excluding hydrogens is 351 g/mol. The Morgan fingerprint density at radius 3 is 2.56 bits per heavy atom. The first-order valence-corrected chi connectivity index (χ1v) is 9.85. The zero-order valence-electron chi connectivity index (χ0n) is 16.2. The van der Waals surface area contributed by atoms with Gasteiger partial charge in [0.05, 0.1) is 30.3 Å². The van der Waals surface area contributed by atoms with E-state index in [0.29, 0.717) is 44.7 Å². The molecule has 7 heteroatoms. The van der Waals surface area contributed by atoms with Gasteiger partial charge in [-0.25, -0.2) is 9.40 Å². The summed E-state index contributed by atoms with van der Waals surface area (Å²) in [6.45, 7) is 4.27. The van der Waals surface area contributed by atoms with Crippen LogP contribution in [0, 0.1) is 5.92 Å². The largest absolute Gasteiger partial charge is 0.479 e. The summed E-state index contributed by atoms with van der Waals surface area (Å²) in [7, 11) is 0. The molecular formula is C20H31FN2O4. The van der Waals surface area contributed by atoms with Gasteiger partial charge in [0.2, 0.25) is 5.90 Å². The Labute approximate surface area is 160 Å². The molecule has 0 aromatic carbocycles. The summed E-state index contributed by atoms with van der Waals surface area (Å²) in [4.78, 5) is 12.6. The number of allylic oxidation sites excluding steroid dienone is 3. The zero-order chi connectivity index (χ0) is 19.8. The highest BCUT2D eigenvalue weighted by atomic mass is 19.1. The molecule has 152 valence electrons. The molecule has 1 aliphatic carbocycles. The molecule has 0 spiro atoms. The lowest BCUT2D eigenvalue weighted by molar-refractivity contribution is -0.128. The van der Waals surface area contributed by atoms with Crippen LogP contribution in [0.3, 0.4) is 0 Å². The molecule has 1 amide bonds. The first-order chi connectivity index (χ1) is 12.9. The van der Waals surface area contributed by atoms with Gasteiger partial charge >= 0.3 is 0 Å². The van der Waals surface area contributed by atoms with Crippen molar-refractivity contribution in [1.29, 1.82) is 0 Å². The smallest absolute Gasteiger partial charge is 0.273 e. The lowest BCUT2D eigenvalue weighted by Gasteiger charge is -2.32. The van der Waals surface area contributed by atoms with E-state index in [-0.39, 0.29) is 17.8 Å². The van der Waals surface area contributed by atoms with Crippen LogP contribution in [0.1, 0.15) is 58.8 Å². The van der Waals surface area contributed by atoms with Crippen molar-refractivity contribution in [3.8, 4) is 0 Å². The van der Waals surface area contributed by atoms with Crippen LogP contribution in [0.5, 0.6) is 0 Å². The molecule has 0 saturated carbocycles. The number of carbonyl (C=O) groups excluding carboxylic acids is 1. The molecule has 3 atom stereocenters. The van der Waals surface area contributed by atoms with Gasteiger partial charge in [0.15, 0.2) is 0 Å². The molecule has 27 heavy (non-hydrogen) atoms. The van der Waals surface area contributed by atoms with Gasteiger partial charge in [-0.1, -0.05) is 6.08 Å². The maximum absolute atomic E-state index is 14.3. The number of rotatable bonds is 10. The number of fused-ring (bicyclic) bond motifs is 1. The van der Waals surface area contributed by atoms with Crippen LogP contribution in [0.25, 0.3) is 0 Å². The number of hydrogen-bond donors (Lipinski definition) is 2. The van der Waals surface area contributed by atoms with E-state index < -0.39 is 17.7 Å². The van der Waals surface area contributed by atoms with Gasteiger partial charge in [-0.3, -0.25) is 4.79 Å². The van der Waals surface area contributed by atoms with Crippen molar-refractivity contribution in [2.24, 2.45) is 11.0 Å². The average Bonchev–Trinajstić information content (AvgIpc) is 2.60. The minimum Gasteiger partial charge on any atom is -0.479 e. The average molecular weight is 382 g/mol. The first-order valence-electron chi connectivity index (χ1n) is 9.85. The summed E-state index contributed by atoms with van der Waals surface area (Å²) in [6.07, 6.45) is 7.20. The summed E-state index contributed by atoms with van der Waals surface area (Å²) in [5.74, 6) is -1.000. The van der Waals surface area contributed by atoms with Gasteiger partial charge in [0.25, 0.3) is 5.91 Å². The van der Waals surface area contributed by atoms with Gasteiger partial charge in [-0.05, 0) is 64.9 Å². The van der Waals surface area contributed by atoms with E-state index in [2.05, 4.69) is 5.10 Å². The number of aliphatic hydroxyl groups excluding tert-OH is 2. The number of aliphatic hydroxyl groups is 2. The van der Waals surface area contributed by atoms with E-state index in [1.54, 1.807) is 19.9 Å². The number of carbonyl (C=O) groups is 1. The molecule has 1 heterocycles. The number of amides is 1. The third-order valence-electron chi connectivity index (χ3n) is 4.73. The van der Waals surface area contributed by atoms with Crippen molar-refractivity contribution in [3.05, 3.63) is 23.6 Å². The van der Waals surface area contributed by atoms with Crippen LogP contribution in [-0.4, -0.2) is 52.4 Å². The second-order valence-electron chi connectivity index (χ2n) is 7.36. The molecule has 0 radical (unpaired) electrons. The van der Waals surface area contributed by atoms with Gasteiger partial charge in [0.1, 0.15) is 5.83 Å². The summed E-state index contributed by atoms with van der Waals surface area (Å²) in [5, 5.41) is 24.3. The number of hydrogen-bond acceptors (Lipinski definition) is 5. The maximum atomic E-state index is 14.3. The van der Waals surface area contributed by atoms with E-state index >= 15 is 0 Å². The van der Waals surface area contributed by atoms with Crippen LogP contribution >= 0.6 is 0 Å². The fraction of sp³-hybridized carbons (Fsp3) is 0.700. The first kappa shape index (κ1) is 21.6. The molecule has 0 aromatic heterocycles. The van der Waals surface area contributed by atoms with Crippen molar-refractivity contribution in [2.45, 2.75) is 71.0 Å². The van der Waals surface area contributed by atoms with Gasteiger partial charge in [0, 0.05) is 6.54 Å². The van der Waals surface area contributed by atoms with Crippen molar-refractivity contribution >= 4 is 11.8 Å². The summed E-state index contributed by atoms with van der Waals surface area (Å²) in [6, 6.07) is 0. The fourth-order valence-corrected chi connectivity index (χ4v) is 3.23. The summed E-state index contributed by atoms with van der Waals surface area (Å²) in [5.41, 5.74) is 0.127. The highest BCUT2D eigenvalue weighted by Gasteiger charge is 2.38. The Morgan fingerprint density at radius 2 is 1.89 bits per heavy atom. The van der Waals surface area contributed by atoms with E-state index in [1.165, 1.54) is 11.1 Å². The second-order valence-corrected chi connectivity index (χ2v) is 7.36. The predicted octanol–water partition coefficient (Wildman–Crippen LogP) is 3.06. The number of unbranched alkanes of at least 4 members (excludes halogenated alkanes) is 2. The lowest BCUT2D eigenvalue weighted by Crippen LogP contribution is -2.41. The Bertz CT molecular complexity index is 599. The van der Waals surface area contributed by atoms with Crippen LogP contribution in [0.15, 0.2) is 28.7 Å². The van der Waals surface area contributed by atoms with Crippen LogP contribution in [0.4, 0.5) is 4.39 Å². The van der Waals surface area contributed by atoms with E-state index in [4.69, 9.17) is 4.74 Å². The lowest BCUT2D eigenvalue weighted by atomic mass is 9.88. The van der Waals surface area contributed by atoms with Gasteiger partial charge < -0.3 is 14.9 Å². The quantitative estimate of drug-likeness (QED) is 0.569. The Kier molecular flexibility index (Phi) is 8.44. The highest BCUT2D eigenvalue weighted by molar-refractivity contribution is 6.04. The van der Waals surface area contributed by atoms with E-state index in [9.17, 15) is 19.4 Å². The maximum Gasteiger partial charge on any atom is 0.273 e. The van der Waals surface area contributed by atoms with Crippen molar-refractivity contribution < 1.29 is 24.1 Å². The molecule has 0 aromatic rings. The Morgan fingerprint density at radius 1 is 1.22 bits per heavy atom. The molecule has 6 nitrogen and oxygen atoms in total. The number of hydrazone groups is 1.